The fourth-order valence-electron chi connectivity index (χ4n) is 2.21. The number of piperidine rings is 1. The van der Waals surface area contributed by atoms with Crippen LogP contribution in [0.2, 0.25) is 10.3 Å². The minimum absolute atomic E-state index is 0.164. The largest absolute Gasteiger partial charge is 0.351 e. The lowest BCUT2D eigenvalue weighted by Crippen LogP contribution is -2.37. The smallest absolute Gasteiger partial charge is 0.251 e. The number of rotatable bonds is 4. The van der Waals surface area contributed by atoms with E-state index in [-0.39, 0.29) is 16.2 Å². The lowest BCUT2D eigenvalue weighted by atomic mass is 10.1. The number of likely N-dealkylation sites (tertiary alicyclic amines) is 1. The van der Waals surface area contributed by atoms with E-state index in [1.165, 1.54) is 31.4 Å². The van der Waals surface area contributed by atoms with Crippen molar-refractivity contribution in [3.63, 3.8) is 0 Å². The van der Waals surface area contributed by atoms with Gasteiger partial charge in [0.2, 0.25) is 0 Å². The van der Waals surface area contributed by atoms with Gasteiger partial charge in [-0.1, -0.05) is 29.6 Å². The van der Waals surface area contributed by atoms with Gasteiger partial charge in [0.25, 0.3) is 5.91 Å². The lowest BCUT2D eigenvalue weighted by Gasteiger charge is -2.26. The molecule has 104 valence electrons. The van der Waals surface area contributed by atoms with Gasteiger partial charge in [0.1, 0.15) is 10.3 Å². The predicted molar refractivity (Wildman–Crippen MR) is 76.9 cm³/mol. The van der Waals surface area contributed by atoms with Crippen LogP contribution in [0.15, 0.2) is 12.1 Å². The number of nitrogens with zero attached hydrogens (tertiary/aromatic N) is 2. The molecule has 0 spiro atoms. The van der Waals surface area contributed by atoms with E-state index in [1.807, 2.05) is 0 Å². The second kappa shape index (κ2) is 7.08. The van der Waals surface area contributed by atoms with E-state index in [9.17, 15) is 4.79 Å². The number of halogens is 2. The van der Waals surface area contributed by atoms with Gasteiger partial charge in [0.05, 0.1) is 0 Å². The van der Waals surface area contributed by atoms with Gasteiger partial charge in [-0.05, 0) is 38.1 Å². The Morgan fingerprint density at radius 3 is 2.47 bits per heavy atom. The van der Waals surface area contributed by atoms with Gasteiger partial charge < -0.3 is 10.2 Å². The SMILES string of the molecule is O=C(NCCN1CCCCC1)c1cc(Cl)nc(Cl)c1. The zero-order valence-electron chi connectivity index (χ0n) is 10.7. The molecule has 0 saturated carbocycles. The first kappa shape index (κ1) is 14.6. The van der Waals surface area contributed by atoms with Crippen molar-refractivity contribution >= 4 is 29.1 Å². The summed E-state index contributed by atoms with van der Waals surface area (Å²) in [5, 5.41) is 3.34. The summed E-state index contributed by atoms with van der Waals surface area (Å²) in [7, 11) is 0. The summed E-state index contributed by atoms with van der Waals surface area (Å²) in [6.45, 7) is 3.78. The van der Waals surface area contributed by atoms with Gasteiger partial charge >= 0.3 is 0 Å². The standard InChI is InChI=1S/C13H17Cl2N3O/c14-11-8-10(9-12(15)17-11)13(19)16-4-7-18-5-2-1-3-6-18/h8-9H,1-7H2,(H,16,19). The second-order valence-corrected chi connectivity index (χ2v) is 5.43. The van der Waals surface area contributed by atoms with Gasteiger partial charge in [-0.2, -0.15) is 0 Å². The van der Waals surface area contributed by atoms with E-state index in [4.69, 9.17) is 23.2 Å². The first-order chi connectivity index (χ1) is 9.15. The predicted octanol–water partition coefficient (Wildman–Crippen LogP) is 2.60. The molecule has 0 bridgehead atoms. The number of pyridine rings is 1. The molecule has 19 heavy (non-hydrogen) atoms. The number of nitrogens with one attached hydrogen (secondary N) is 1. The van der Waals surface area contributed by atoms with Crippen molar-refractivity contribution in [1.29, 1.82) is 0 Å². The first-order valence-electron chi connectivity index (χ1n) is 6.49. The topological polar surface area (TPSA) is 45.2 Å². The Labute approximate surface area is 123 Å². The molecule has 0 atom stereocenters. The van der Waals surface area contributed by atoms with Crippen LogP contribution in [-0.2, 0) is 0 Å². The Balaban J connectivity index is 1.80. The molecule has 0 aliphatic carbocycles. The Morgan fingerprint density at radius 1 is 1.21 bits per heavy atom. The fourth-order valence-corrected chi connectivity index (χ4v) is 2.67. The van der Waals surface area contributed by atoms with E-state index >= 15 is 0 Å². The summed E-state index contributed by atoms with van der Waals surface area (Å²) in [4.78, 5) is 18.1. The summed E-state index contributed by atoms with van der Waals surface area (Å²) < 4.78 is 0. The Morgan fingerprint density at radius 2 is 1.84 bits per heavy atom. The molecule has 1 amide bonds. The maximum absolute atomic E-state index is 11.9. The molecule has 2 heterocycles. The van der Waals surface area contributed by atoms with Crippen LogP contribution in [0.3, 0.4) is 0 Å². The molecule has 0 radical (unpaired) electrons. The molecule has 1 saturated heterocycles. The van der Waals surface area contributed by atoms with Crippen molar-refractivity contribution in [3.05, 3.63) is 28.0 Å². The number of hydrogen-bond donors (Lipinski definition) is 1. The average Bonchev–Trinajstić information content (AvgIpc) is 2.38. The summed E-state index contributed by atoms with van der Waals surface area (Å²) in [5.74, 6) is -0.164. The number of aromatic nitrogens is 1. The third-order valence-electron chi connectivity index (χ3n) is 3.19. The van der Waals surface area contributed by atoms with E-state index in [0.717, 1.165) is 19.6 Å². The van der Waals surface area contributed by atoms with Crippen molar-refractivity contribution in [1.82, 2.24) is 15.2 Å². The number of carbonyl (C=O) groups excluding carboxylic acids is 1. The first-order valence-corrected chi connectivity index (χ1v) is 7.24. The molecule has 1 fully saturated rings. The summed E-state index contributed by atoms with van der Waals surface area (Å²) >= 11 is 11.5. The average molecular weight is 302 g/mol. The maximum atomic E-state index is 11.9. The third-order valence-corrected chi connectivity index (χ3v) is 3.57. The Bertz CT molecular complexity index is 427. The quantitative estimate of drug-likeness (QED) is 0.870. The van der Waals surface area contributed by atoms with E-state index in [1.54, 1.807) is 0 Å². The van der Waals surface area contributed by atoms with Crippen LogP contribution in [0, 0.1) is 0 Å². The lowest BCUT2D eigenvalue weighted by molar-refractivity contribution is 0.0946. The highest BCUT2D eigenvalue weighted by molar-refractivity contribution is 6.33. The van der Waals surface area contributed by atoms with Crippen LogP contribution in [0.4, 0.5) is 0 Å². The van der Waals surface area contributed by atoms with Crippen molar-refractivity contribution in [2.45, 2.75) is 19.3 Å². The van der Waals surface area contributed by atoms with E-state index in [0.29, 0.717) is 12.1 Å². The molecule has 1 aliphatic rings. The number of hydrogen-bond acceptors (Lipinski definition) is 3. The molecule has 2 rings (SSSR count). The van der Waals surface area contributed by atoms with Crippen LogP contribution in [0.25, 0.3) is 0 Å². The zero-order valence-corrected chi connectivity index (χ0v) is 12.2. The monoisotopic (exact) mass is 301 g/mol. The van der Waals surface area contributed by atoms with Crippen LogP contribution < -0.4 is 5.32 Å². The summed E-state index contributed by atoms with van der Waals surface area (Å²) in [6.07, 6.45) is 3.82. The molecule has 1 N–H and O–H groups in total. The Hall–Kier alpha value is -0.840. The highest BCUT2D eigenvalue weighted by Crippen LogP contribution is 2.14. The van der Waals surface area contributed by atoms with Gasteiger partial charge in [0, 0.05) is 18.7 Å². The molecular weight excluding hydrogens is 285 g/mol. The van der Waals surface area contributed by atoms with Crippen molar-refractivity contribution < 1.29 is 4.79 Å². The maximum Gasteiger partial charge on any atom is 0.251 e. The Kier molecular flexibility index (Phi) is 5.43. The fraction of sp³-hybridized carbons (Fsp3) is 0.538. The molecule has 1 aromatic rings. The van der Waals surface area contributed by atoms with Gasteiger partial charge in [-0.15, -0.1) is 0 Å². The number of carbonyl (C=O) groups is 1. The minimum atomic E-state index is -0.164. The summed E-state index contributed by atoms with van der Waals surface area (Å²) in [6, 6.07) is 3.04. The molecule has 1 aliphatic heterocycles. The molecule has 6 heteroatoms. The van der Waals surface area contributed by atoms with Crippen molar-refractivity contribution in [3.8, 4) is 0 Å². The highest BCUT2D eigenvalue weighted by Gasteiger charge is 2.11. The second-order valence-electron chi connectivity index (χ2n) is 4.66. The van der Waals surface area contributed by atoms with E-state index in [2.05, 4.69) is 15.2 Å². The van der Waals surface area contributed by atoms with Crippen LogP contribution >= 0.6 is 23.2 Å². The molecule has 0 aromatic carbocycles. The number of amides is 1. The van der Waals surface area contributed by atoms with Crippen molar-refractivity contribution in [2.24, 2.45) is 0 Å². The normalized spacial score (nSPS) is 16.3. The van der Waals surface area contributed by atoms with Gasteiger partial charge in [-0.3, -0.25) is 4.79 Å². The van der Waals surface area contributed by atoms with Crippen LogP contribution in [-0.4, -0.2) is 42.0 Å². The molecular formula is C13H17Cl2N3O. The molecule has 4 nitrogen and oxygen atoms in total. The molecule has 0 unspecified atom stereocenters. The highest BCUT2D eigenvalue weighted by atomic mass is 35.5. The molecule has 1 aromatic heterocycles. The minimum Gasteiger partial charge on any atom is -0.351 e. The zero-order chi connectivity index (χ0) is 13.7. The van der Waals surface area contributed by atoms with E-state index < -0.39 is 0 Å². The van der Waals surface area contributed by atoms with Gasteiger partial charge in [-0.25, -0.2) is 4.98 Å². The van der Waals surface area contributed by atoms with Crippen molar-refractivity contribution in [2.75, 3.05) is 26.2 Å². The van der Waals surface area contributed by atoms with Crippen LogP contribution in [0.1, 0.15) is 29.6 Å². The van der Waals surface area contributed by atoms with Gasteiger partial charge in [0.15, 0.2) is 0 Å². The summed E-state index contributed by atoms with van der Waals surface area (Å²) in [5.41, 5.74) is 0.448. The van der Waals surface area contributed by atoms with Crippen LogP contribution in [0.5, 0.6) is 0 Å². The third kappa shape index (κ3) is 4.64.